The van der Waals surface area contributed by atoms with Crippen molar-refractivity contribution in [2.24, 2.45) is 0 Å². The van der Waals surface area contributed by atoms with Gasteiger partial charge >= 0.3 is 0 Å². The minimum Gasteiger partial charge on any atom is -0.329 e. The second kappa shape index (κ2) is 6.94. The molecule has 0 saturated heterocycles. The fourth-order valence-corrected chi connectivity index (χ4v) is 3.25. The van der Waals surface area contributed by atoms with Gasteiger partial charge in [0.05, 0.1) is 0 Å². The number of hydrogen-bond donors (Lipinski definition) is 0. The van der Waals surface area contributed by atoms with Gasteiger partial charge in [-0.15, -0.1) is 0 Å². The molecule has 1 aliphatic heterocycles. The first kappa shape index (κ1) is 16.2. The molecule has 0 amide bonds. The number of fused-ring (bicyclic) bond motifs is 1. The zero-order valence-electron chi connectivity index (χ0n) is 15.1. The van der Waals surface area contributed by atoms with E-state index in [-0.39, 0.29) is 6.04 Å². The van der Waals surface area contributed by atoms with Gasteiger partial charge in [0.25, 0.3) is 0 Å². The largest absolute Gasteiger partial charge is 0.329 e. The molecule has 0 N–H and O–H groups in total. The Morgan fingerprint density at radius 2 is 1.58 bits per heavy atom. The summed E-state index contributed by atoms with van der Waals surface area (Å²) in [6.07, 6.45) is 4.32. The Balaban J connectivity index is 1.80. The molecule has 0 spiro atoms. The van der Waals surface area contributed by atoms with Crippen LogP contribution in [0.15, 0.2) is 79.0 Å². The molecule has 0 bridgehead atoms. The van der Waals surface area contributed by atoms with Gasteiger partial charge < -0.3 is 4.90 Å². The van der Waals surface area contributed by atoms with Crippen molar-refractivity contribution >= 4 is 11.8 Å². The fourth-order valence-electron chi connectivity index (χ4n) is 3.25. The van der Waals surface area contributed by atoms with Crippen LogP contribution in [0.4, 0.5) is 5.69 Å². The molecule has 1 nitrogen and oxygen atoms in total. The van der Waals surface area contributed by atoms with Crippen LogP contribution in [0.3, 0.4) is 0 Å². The molecular weight excluding hydrogens is 314 g/mol. The molecule has 0 fully saturated rings. The third-order valence-electron chi connectivity index (χ3n) is 4.90. The minimum absolute atomic E-state index is 0.00138. The molecule has 1 heteroatoms. The number of nitrogens with zero attached hydrogens (tertiary/aromatic N) is 1. The summed E-state index contributed by atoms with van der Waals surface area (Å²) in [6.45, 7) is 4.30. The maximum absolute atomic E-state index is 3.50. The van der Waals surface area contributed by atoms with Gasteiger partial charge in [0.15, 0.2) is 0 Å². The summed E-state index contributed by atoms with van der Waals surface area (Å²) in [5, 5.41) is 0. The van der Waals surface area contributed by atoms with E-state index in [4.69, 9.17) is 0 Å². The summed E-state index contributed by atoms with van der Waals surface area (Å²) in [5.74, 6) is 6.86. The Bertz CT molecular complexity index is 1020. The summed E-state index contributed by atoms with van der Waals surface area (Å²) in [5.41, 5.74) is 7.30. The lowest BCUT2D eigenvalue weighted by atomic mass is 9.95. The van der Waals surface area contributed by atoms with E-state index >= 15 is 0 Å². The van der Waals surface area contributed by atoms with Crippen molar-refractivity contribution in [1.82, 2.24) is 0 Å². The Labute approximate surface area is 155 Å². The van der Waals surface area contributed by atoms with Crippen LogP contribution in [0, 0.1) is 25.7 Å². The SMILES string of the molecule is Cc1ccc(N2C=Cc3ccccc3C2C#Cc2ccccc2)cc1C. The molecular formula is C25H21N. The monoisotopic (exact) mass is 335 g/mol. The molecule has 1 unspecified atom stereocenters. The van der Waals surface area contributed by atoms with Crippen LogP contribution in [0.5, 0.6) is 0 Å². The number of rotatable bonds is 1. The summed E-state index contributed by atoms with van der Waals surface area (Å²) in [7, 11) is 0. The first-order chi connectivity index (χ1) is 12.7. The molecule has 0 radical (unpaired) electrons. The maximum atomic E-state index is 3.50. The zero-order chi connectivity index (χ0) is 17.9. The average Bonchev–Trinajstić information content (AvgIpc) is 2.69. The Morgan fingerprint density at radius 3 is 2.38 bits per heavy atom. The van der Waals surface area contributed by atoms with Crippen LogP contribution in [0.2, 0.25) is 0 Å². The minimum atomic E-state index is -0.00138. The highest BCUT2D eigenvalue weighted by Gasteiger charge is 2.23. The van der Waals surface area contributed by atoms with E-state index < -0.39 is 0 Å². The van der Waals surface area contributed by atoms with E-state index in [0.717, 1.165) is 5.56 Å². The molecule has 4 rings (SSSR count). The van der Waals surface area contributed by atoms with Gasteiger partial charge in [-0.3, -0.25) is 0 Å². The van der Waals surface area contributed by atoms with Crippen molar-refractivity contribution in [3.05, 3.63) is 107 Å². The zero-order valence-corrected chi connectivity index (χ0v) is 15.1. The summed E-state index contributed by atoms with van der Waals surface area (Å²) < 4.78 is 0. The number of aryl methyl sites for hydroxylation is 2. The molecule has 3 aromatic carbocycles. The summed E-state index contributed by atoms with van der Waals surface area (Å²) >= 11 is 0. The molecule has 0 saturated carbocycles. The fraction of sp³-hybridized carbons (Fsp3) is 0.120. The lowest BCUT2D eigenvalue weighted by molar-refractivity contribution is 0.858. The van der Waals surface area contributed by atoms with Crippen molar-refractivity contribution in [2.45, 2.75) is 19.9 Å². The van der Waals surface area contributed by atoms with Gasteiger partial charge in [0.1, 0.15) is 6.04 Å². The maximum Gasteiger partial charge on any atom is 0.121 e. The van der Waals surface area contributed by atoms with Gasteiger partial charge in [-0.25, -0.2) is 0 Å². The summed E-state index contributed by atoms with van der Waals surface area (Å²) in [4.78, 5) is 2.27. The molecule has 0 aromatic heterocycles. The van der Waals surface area contributed by atoms with Gasteiger partial charge in [-0.1, -0.05) is 60.4 Å². The van der Waals surface area contributed by atoms with Crippen LogP contribution in [-0.4, -0.2) is 0 Å². The molecule has 126 valence electrons. The molecule has 0 aliphatic carbocycles. The molecule has 1 aliphatic rings. The van der Waals surface area contributed by atoms with Gasteiger partial charge in [0.2, 0.25) is 0 Å². The smallest absolute Gasteiger partial charge is 0.121 e. The van der Waals surface area contributed by atoms with Crippen LogP contribution in [0.1, 0.15) is 33.9 Å². The van der Waals surface area contributed by atoms with E-state index in [1.165, 1.54) is 27.9 Å². The van der Waals surface area contributed by atoms with Crippen molar-refractivity contribution in [3.63, 3.8) is 0 Å². The van der Waals surface area contributed by atoms with E-state index in [1.807, 2.05) is 18.2 Å². The molecule has 1 atom stereocenters. The predicted octanol–water partition coefficient (Wildman–Crippen LogP) is 5.89. The predicted molar refractivity (Wildman–Crippen MR) is 110 cm³/mol. The van der Waals surface area contributed by atoms with Gasteiger partial charge in [-0.2, -0.15) is 0 Å². The van der Waals surface area contributed by atoms with E-state index in [1.54, 1.807) is 0 Å². The van der Waals surface area contributed by atoms with Gasteiger partial charge in [-0.05, 0) is 66.4 Å². The third-order valence-corrected chi connectivity index (χ3v) is 4.90. The average molecular weight is 335 g/mol. The van der Waals surface area contributed by atoms with Crippen LogP contribution < -0.4 is 4.90 Å². The summed E-state index contributed by atoms with van der Waals surface area (Å²) in [6, 6.07) is 25.3. The van der Waals surface area contributed by atoms with E-state index in [2.05, 4.69) is 97.5 Å². The Hall–Kier alpha value is -3.24. The normalized spacial score (nSPS) is 15.2. The Morgan fingerprint density at radius 1 is 0.808 bits per heavy atom. The Kier molecular flexibility index (Phi) is 4.33. The van der Waals surface area contributed by atoms with Crippen LogP contribution >= 0.6 is 0 Å². The second-order valence-electron chi connectivity index (χ2n) is 6.66. The quantitative estimate of drug-likeness (QED) is 0.501. The third kappa shape index (κ3) is 3.15. The van der Waals surface area contributed by atoms with Gasteiger partial charge in [0, 0.05) is 17.5 Å². The highest BCUT2D eigenvalue weighted by molar-refractivity contribution is 5.69. The number of benzene rings is 3. The standard InChI is InChI=1S/C25H21N/c1-19-12-14-23(18-20(19)2)26-17-16-22-10-6-7-11-24(22)25(26)15-13-21-8-4-3-5-9-21/h3-12,14,16-18,25H,1-2H3. The van der Waals surface area contributed by atoms with Crippen molar-refractivity contribution < 1.29 is 0 Å². The highest BCUT2D eigenvalue weighted by Crippen LogP contribution is 2.34. The first-order valence-corrected chi connectivity index (χ1v) is 8.92. The highest BCUT2D eigenvalue weighted by atomic mass is 15.1. The van der Waals surface area contributed by atoms with Crippen LogP contribution in [-0.2, 0) is 0 Å². The lowest BCUT2D eigenvalue weighted by Gasteiger charge is -2.32. The first-order valence-electron chi connectivity index (χ1n) is 8.92. The van der Waals surface area contributed by atoms with E-state index in [0.29, 0.717) is 0 Å². The van der Waals surface area contributed by atoms with Crippen molar-refractivity contribution in [3.8, 4) is 11.8 Å². The number of hydrogen-bond acceptors (Lipinski definition) is 1. The molecule has 1 heterocycles. The van der Waals surface area contributed by atoms with Crippen molar-refractivity contribution in [1.29, 1.82) is 0 Å². The van der Waals surface area contributed by atoms with E-state index in [9.17, 15) is 0 Å². The van der Waals surface area contributed by atoms with Crippen LogP contribution in [0.25, 0.3) is 6.08 Å². The lowest BCUT2D eigenvalue weighted by Crippen LogP contribution is -2.25. The second-order valence-corrected chi connectivity index (χ2v) is 6.66. The molecule has 26 heavy (non-hydrogen) atoms. The topological polar surface area (TPSA) is 3.24 Å². The van der Waals surface area contributed by atoms with Crippen molar-refractivity contribution in [2.75, 3.05) is 4.90 Å². The number of anilines is 1. The molecule has 3 aromatic rings.